The Bertz CT molecular complexity index is 835. The molecule has 6 nitrogen and oxygen atoms in total. The zero-order valence-electron chi connectivity index (χ0n) is 13.4. The second kappa shape index (κ2) is 5.79. The zero-order valence-corrected chi connectivity index (χ0v) is 13.4. The molecule has 3 aromatic rings. The first-order chi connectivity index (χ1) is 10.9. The van der Waals surface area contributed by atoms with E-state index in [1.807, 2.05) is 45.0 Å². The molecular weight excluding hydrogens is 292 g/mol. The Morgan fingerprint density at radius 2 is 2.09 bits per heavy atom. The van der Waals surface area contributed by atoms with Crippen LogP contribution in [0, 0.1) is 0 Å². The maximum Gasteiger partial charge on any atom is 0.310 e. The minimum absolute atomic E-state index is 0.204. The molecule has 118 valence electrons. The van der Waals surface area contributed by atoms with E-state index in [0.717, 1.165) is 16.8 Å². The molecule has 0 radical (unpaired) electrons. The Balaban J connectivity index is 1.84. The molecular formula is C17H18N4O2. The maximum atomic E-state index is 11.9. The van der Waals surface area contributed by atoms with E-state index in [1.54, 1.807) is 23.1 Å². The summed E-state index contributed by atoms with van der Waals surface area (Å²) in [5, 5.41) is 4.44. The van der Waals surface area contributed by atoms with E-state index < -0.39 is 5.60 Å². The molecule has 0 atom stereocenters. The molecule has 23 heavy (non-hydrogen) atoms. The second-order valence-electron chi connectivity index (χ2n) is 6.28. The van der Waals surface area contributed by atoms with Crippen molar-refractivity contribution in [3.8, 4) is 11.4 Å². The molecule has 0 saturated carbocycles. The van der Waals surface area contributed by atoms with Crippen LogP contribution in [0.5, 0.6) is 0 Å². The lowest BCUT2D eigenvalue weighted by Gasteiger charge is -2.19. The van der Waals surface area contributed by atoms with Gasteiger partial charge in [0, 0.05) is 24.2 Å². The second-order valence-corrected chi connectivity index (χ2v) is 6.28. The van der Waals surface area contributed by atoms with E-state index in [9.17, 15) is 4.79 Å². The summed E-state index contributed by atoms with van der Waals surface area (Å²) in [6.07, 6.45) is 5.43. The molecule has 3 heterocycles. The third kappa shape index (κ3) is 3.71. The van der Waals surface area contributed by atoms with Crippen LogP contribution in [-0.2, 0) is 16.0 Å². The number of hydrogen-bond donors (Lipinski definition) is 0. The van der Waals surface area contributed by atoms with Crippen LogP contribution in [-0.4, -0.2) is 31.2 Å². The average molecular weight is 310 g/mol. The fraction of sp³-hybridized carbons (Fsp3) is 0.294. The highest BCUT2D eigenvalue weighted by atomic mass is 16.6. The van der Waals surface area contributed by atoms with Gasteiger partial charge in [-0.1, -0.05) is 6.07 Å². The van der Waals surface area contributed by atoms with Crippen molar-refractivity contribution in [2.75, 3.05) is 0 Å². The number of aromatic nitrogens is 4. The fourth-order valence-corrected chi connectivity index (χ4v) is 2.19. The quantitative estimate of drug-likeness (QED) is 0.696. The summed E-state index contributed by atoms with van der Waals surface area (Å²) < 4.78 is 7.00. The van der Waals surface area contributed by atoms with Gasteiger partial charge >= 0.3 is 5.97 Å². The van der Waals surface area contributed by atoms with Crippen LogP contribution in [0.3, 0.4) is 0 Å². The van der Waals surface area contributed by atoms with Crippen LogP contribution in [0.15, 0.2) is 42.9 Å². The standard InChI is InChI=1S/C17H18N4O2/c1-17(2,3)23-15(22)9-12-6-7-14-19-16(20-21(14)11-12)13-5-4-8-18-10-13/h4-8,10-11H,9H2,1-3H3. The van der Waals surface area contributed by atoms with Gasteiger partial charge in [0.05, 0.1) is 6.42 Å². The first-order valence-corrected chi connectivity index (χ1v) is 7.38. The minimum Gasteiger partial charge on any atom is -0.460 e. The van der Waals surface area contributed by atoms with Crippen molar-refractivity contribution >= 4 is 11.6 Å². The molecule has 0 aliphatic rings. The Morgan fingerprint density at radius 3 is 2.78 bits per heavy atom. The van der Waals surface area contributed by atoms with Crippen LogP contribution >= 0.6 is 0 Å². The zero-order chi connectivity index (χ0) is 16.4. The minimum atomic E-state index is -0.484. The van der Waals surface area contributed by atoms with Crippen molar-refractivity contribution in [2.24, 2.45) is 0 Å². The molecule has 0 N–H and O–H groups in total. The number of pyridine rings is 2. The highest BCUT2D eigenvalue weighted by molar-refractivity contribution is 5.73. The first-order valence-electron chi connectivity index (χ1n) is 7.38. The molecule has 3 rings (SSSR count). The van der Waals surface area contributed by atoms with Gasteiger partial charge in [-0.05, 0) is 44.5 Å². The monoisotopic (exact) mass is 310 g/mol. The van der Waals surface area contributed by atoms with Crippen LogP contribution in [0.25, 0.3) is 17.0 Å². The van der Waals surface area contributed by atoms with Crippen LogP contribution < -0.4 is 0 Å². The molecule has 0 aliphatic heterocycles. The summed E-state index contributed by atoms with van der Waals surface area (Å²) in [5.74, 6) is 0.344. The largest absolute Gasteiger partial charge is 0.460 e. The maximum absolute atomic E-state index is 11.9. The summed E-state index contributed by atoms with van der Waals surface area (Å²) in [5.41, 5.74) is 1.91. The van der Waals surface area contributed by atoms with E-state index in [0.29, 0.717) is 5.82 Å². The summed E-state index contributed by atoms with van der Waals surface area (Å²) >= 11 is 0. The van der Waals surface area contributed by atoms with Crippen molar-refractivity contribution < 1.29 is 9.53 Å². The third-order valence-electron chi connectivity index (χ3n) is 3.08. The Morgan fingerprint density at radius 1 is 1.26 bits per heavy atom. The van der Waals surface area contributed by atoms with Gasteiger partial charge in [-0.2, -0.15) is 0 Å². The molecule has 0 saturated heterocycles. The van der Waals surface area contributed by atoms with Gasteiger partial charge in [0.25, 0.3) is 0 Å². The summed E-state index contributed by atoms with van der Waals surface area (Å²) in [4.78, 5) is 20.4. The van der Waals surface area contributed by atoms with E-state index >= 15 is 0 Å². The number of hydrogen-bond acceptors (Lipinski definition) is 5. The molecule has 0 spiro atoms. The molecule has 6 heteroatoms. The number of ether oxygens (including phenoxy) is 1. The topological polar surface area (TPSA) is 69.4 Å². The molecule has 0 bridgehead atoms. The number of esters is 1. The van der Waals surface area contributed by atoms with E-state index in [-0.39, 0.29) is 12.4 Å². The lowest BCUT2D eigenvalue weighted by molar-refractivity contribution is -0.153. The van der Waals surface area contributed by atoms with Crippen LogP contribution in [0.4, 0.5) is 0 Å². The van der Waals surface area contributed by atoms with Gasteiger partial charge in [0.1, 0.15) is 5.60 Å². The highest BCUT2D eigenvalue weighted by Crippen LogP contribution is 2.16. The van der Waals surface area contributed by atoms with Gasteiger partial charge in [-0.25, -0.2) is 9.50 Å². The molecule has 0 amide bonds. The third-order valence-corrected chi connectivity index (χ3v) is 3.08. The summed E-state index contributed by atoms with van der Waals surface area (Å²) in [6, 6.07) is 7.45. The normalized spacial score (nSPS) is 11.6. The lowest BCUT2D eigenvalue weighted by atomic mass is 10.2. The van der Waals surface area contributed by atoms with Crippen molar-refractivity contribution in [3.63, 3.8) is 0 Å². The Hall–Kier alpha value is -2.76. The smallest absolute Gasteiger partial charge is 0.310 e. The van der Waals surface area contributed by atoms with Gasteiger partial charge in [0.2, 0.25) is 0 Å². The number of carbonyl (C=O) groups excluding carboxylic acids is 1. The van der Waals surface area contributed by atoms with Gasteiger partial charge in [-0.3, -0.25) is 9.78 Å². The molecule has 0 fully saturated rings. The number of carbonyl (C=O) groups is 1. The van der Waals surface area contributed by atoms with E-state index in [1.165, 1.54) is 0 Å². The predicted molar refractivity (Wildman–Crippen MR) is 85.8 cm³/mol. The average Bonchev–Trinajstić information content (AvgIpc) is 2.89. The summed E-state index contributed by atoms with van der Waals surface area (Å²) in [6.45, 7) is 5.56. The number of nitrogens with zero attached hydrogens (tertiary/aromatic N) is 4. The number of fused-ring (bicyclic) bond motifs is 1. The van der Waals surface area contributed by atoms with Gasteiger partial charge in [-0.15, -0.1) is 5.10 Å². The first kappa shape index (κ1) is 15.1. The van der Waals surface area contributed by atoms with Crippen molar-refractivity contribution in [1.29, 1.82) is 0 Å². The van der Waals surface area contributed by atoms with Crippen molar-refractivity contribution in [1.82, 2.24) is 19.6 Å². The predicted octanol–water partition coefficient (Wildman–Crippen LogP) is 2.68. The van der Waals surface area contributed by atoms with Crippen molar-refractivity contribution in [3.05, 3.63) is 48.4 Å². The summed E-state index contributed by atoms with van der Waals surface area (Å²) in [7, 11) is 0. The Kier molecular flexibility index (Phi) is 3.82. The van der Waals surface area contributed by atoms with Gasteiger partial charge in [0.15, 0.2) is 11.5 Å². The van der Waals surface area contributed by atoms with Crippen LogP contribution in [0.1, 0.15) is 26.3 Å². The highest BCUT2D eigenvalue weighted by Gasteiger charge is 2.17. The lowest BCUT2D eigenvalue weighted by Crippen LogP contribution is -2.24. The molecule has 0 unspecified atom stereocenters. The molecule has 0 aromatic carbocycles. The molecule has 3 aromatic heterocycles. The number of rotatable bonds is 3. The Labute approximate surface area is 134 Å². The van der Waals surface area contributed by atoms with E-state index in [4.69, 9.17) is 4.74 Å². The molecule has 0 aliphatic carbocycles. The SMILES string of the molecule is CC(C)(C)OC(=O)Cc1ccc2nc(-c3cccnc3)nn2c1. The van der Waals surface area contributed by atoms with Crippen LogP contribution in [0.2, 0.25) is 0 Å². The van der Waals surface area contributed by atoms with E-state index in [2.05, 4.69) is 15.1 Å². The van der Waals surface area contributed by atoms with Crippen molar-refractivity contribution in [2.45, 2.75) is 32.8 Å². The fourth-order valence-electron chi connectivity index (χ4n) is 2.19. The van der Waals surface area contributed by atoms with Gasteiger partial charge < -0.3 is 4.74 Å².